The first-order valence-corrected chi connectivity index (χ1v) is 12.9. The number of nitrogens with one attached hydrogen (secondary N) is 1. The van der Waals surface area contributed by atoms with Crippen molar-refractivity contribution in [2.45, 2.75) is 48.9 Å². The lowest BCUT2D eigenvalue weighted by Crippen LogP contribution is -2.44. The molecule has 3 aromatic rings. The second-order valence-electron chi connectivity index (χ2n) is 9.15. The Labute approximate surface area is 208 Å². The molecule has 2 fully saturated rings. The molecule has 2 heterocycles. The molecule has 5 nitrogen and oxygen atoms in total. The van der Waals surface area contributed by atoms with Crippen molar-refractivity contribution in [1.29, 1.82) is 0 Å². The molecule has 7 heteroatoms. The van der Waals surface area contributed by atoms with Gasteiger partial charge in [0.1, 0.15) is 17.3 Å². The number of carbonyl (C=O) groups is 1. The van der Waals surface area contributed by atoms with Crippen molar-refractivity contribution in [3.63, 3.8) is 0 Å². The predicted molar refractivity (Wildman–Crippen MR) is 133 cm³/mol. The average Bonchev–Trinajstić information content (AvgIpc) is 3.19. The molecule has 2 aliphatic rings. The molecule has 5 rings (SSSR count). The topological polar surface area (TPSA) is 56.8 Å². The van der Waals surface area contributed by atoms with Crippen molar-refractivity contribution >= 4 is 17.7 Å². The van der Waals surface area contributed by atoms with E-state index in [1.807, 2.05) is 54.6 Å². The summed E-state index contributed by atoms with van der Waals surface area (Å²) in [6, 6.07) is 23.6. The summed E-state index contributed by atoms with van der Waals surface area (Å²) in [4.78, 5) is 19.4. The molecule has 2 aliphatic heterocycles. The molecule has 3 unspecified atom stereocenters. The first-order chi connectivity index (χ1) is 17.1. The van der Waals surface area contributed by atoms with Crippen LogP contribution in [0.5, 0.6) is 11.5 Å². The van der Waals surface area contributed by atoms with Crippen molar-refractivity contribution in [2.75, 3.05) is 5.75 Å². The van der Waals surface area contributed by atoms with E-state index in [0.29, 0.717) is 24.5 Å². The van der Waals surface area contributed by atoms with Crippen LogP contribution in [0.15, 0.2) is 83.8 Å². The van der Waals surface area contributed by atoms with Gasteiger partial charge in [0.15, 0.2) is 0 Å². The van der Waals surface area contributed by atoms with E-state index in [0.717, 1.165) is 35.5 Å². The van der Waals surface area contributed by atoms with E-state index in [1.54, 1.807) is 23.9 Å². The molecule has 0 spiro atoms. The summed E-state index contributed by atoms with van der Waals surface area (Å²) in [5, 5.41) is 0. The Morgan fingerprint density at radius 2 is 1.74 bits per heavy atom. The lowest BCUT2D eigenvalue weighted by Gasteiger charge is -2.37. The van der Waals surface area contributed by atoms with Crippen LogP contribution in [-0.4, -0.2) is 23.4 Å². The van der Waals surface area contributed by atoms with Gasteiger partial charge in [-0.25, -0.2) is 9.87 Å². The highest BCUT2D eigenvalue weighted by molar-refractivity contribution is 7.99. The Kier molecular flexibility index (Phi) is 7.37. The van der Waals surface area contributed by atoms with Gasteiger partial charge >= 0.3 is 0 Å². The summed E-state index contributed by atoms with van der Waals surface area (Å²) in [6.07, 6.45) is 3.51. The van der Waals surface area contributed by atoms with E-state index in [-0.39, 0.29) is 29.3 Å². The fourth-order valence-electron chi connectivity index (χ4n) is 4.73. The monoisotopic (exact) mass is 493 g/mol. The largest absolute Gasteiger partial charge is 0.457 e. The van der Waals surface area contributed by atoms with Gasteiger partial charge in [0.25, 0.3) is 0 Å². The molecule has 3 atom stereocenters. The summed E-state index contributed by atoms with van der Waals surface area (Å²) in [5.74, 6) is 1.61. The molecular weight excluding hydrogens is 465 g/mol. The van der Waals surface area contributed by atoms with Crippen LogP contribution in [-0.2, 0) is 21.0 Å². The molecule has 1 amide bonds. The van der Waals surface area contributed by atoms with Gasteiger partial charge in [-0.15, -0.1) is 11.8 Å². The lowest BCUT2D eigenvalue weighted by molar-refractivity contribution is -0.149. The van der Waals surface area contributed by atoms with Crippen LogP contribution in [0.4, 0.5) is 4.39 Å². The Hall–Kier alpha value is -2.87. The minimum Gasteiger partial charge on any atom is -0.457 e. The minimum atomic E-state index is -0.293. The van der Waals surface area contributed by atoms with Gasteiger partial charge < -0.3 is 9.47 Å². The van der Waals surface area contributed by atoms with Gasteiger partial charge in [-0.1, -0.05) is 30.3 Å². The zero-order valence-corrected chi connectivity index (χ0v) is 20.1. The number of benzene rings is 3. The van der Waals surface area contributed by atoms with Crippen LogP contribution < -0.4 is 10.2 Å². The number of hydrogen-bond donors (Lipinski definition) is 1. The Morgan fingerprint density at radius 1 is 1.03 bits per heavy atom. The van der Waals surface area contributed by atoms with Crippen molar-refractivity contribution < 1.29 is 23.5 Å². The van der Waals surface area contributed by atoms with E-state index >= 15 is 0 Å². The number of amides is 1. The standard InChI is InChI=1S/C28H28FNO4S/c29-22-6-8-23(9-7-22)33-24-10-12-26(13-11-24)35-19-28-15-14-25(34-28)16-21(17-28)27(31)30-32-18-20-4-2-1-3-5-20/h1-13,21,25H,14-19H2,(H,30,31). The fraction of sp³-hybridized carbons (Fsp3) is 0.321. The van der Waals surface area contributed by atoms with E-state index in [4.69, 9.17) is 14.3 Å². The number of hydrogen-bond acceptors (Lipinski definition) is 5. The Morgan fingerprint density at radius 3 is 2.49 bits per heavy atom. The van der Waals surface area contributed by atoms with Crippen LogP contribution in [0, 0.1) is 11.7 Å². The minimum absolute atomic E-state index is 0.0622. The van der Waals surface area contributed by atoms with Crippen LogP contribution in [0.3, 0.4) is 0 Å². The van der Waals surface area contributed by atoms with Crippen LogP contribution >= 0.6 is 11.8 Å². The summed E-state index contributed by atoms with van der Waals surface area (Å²) in [6.45, 7) is 0.348. The zero-order chi connectivity index (χ0) is 24.1. The van der Waals surface area contributed by atoms with E-state index in [9.17, 15) is 9.18 Å². The van der Waals surface area contributed by atoms with Gasteiger partial charge in [0, 0.05) is 16.6 Å². The van der Waals surface area contributed by atoms with Gasteiger partial charge in [-0.3, -0.25) is 9.63 Å². The molecule has 0 saturated carbocycles. The number of thioether (sulfide) groups is 1. The summed E-state index contributed by atoms with van der Waals surface area (Å²) >= 11 is 1.73. The molecule has 0 radical (unpaired) electrons. The van der Waals surface area contributed by atoms with Crippen molar-refractivity contribution in [1.82, 2.24) is 5.48 Å². The third-order valence-corrected chi connectivity index (χ3v) is 7.78. The second kappa shape index (κ2) is 10.8. The number of hydroxylamine groups is 1. The molecule has 0 aliphatic carbocycles. The lowest BCUT2D eigenvalue weighted by atomic mass is 9.88. The third-order valence-electron chi connectivity index (χ3n) is 6.50. The molecule has 35 heavy (non-hydrogen) atoms. The number of halogens is 1. The summed E-state index contributed by atoms with van der Waals surface area (Å²) in [7, 11) is 0. The quantitative estimate of drug-likeness (QED) is 0.281. The number of ether oxygens (including phenoxy) is 2. The average molecular weight is 494 g/mol. The molecule has 3 aromatic carbocycles. The van der Waals surface area contributed by atoms with Gasteiger partial charge in [0.2, 0.25) is 5.91 Å². The molecule has 182 valence electrons. The van der Waals surface area contributed by atoms with E-state index in [2.05, 4.69) is 5.48 Å². The molecule has 2 bridgehead atoms. The number of rotatable bonds is 9. The third kappa shape index (κ3) is 6.23. The van der Waals surface area contributed by atoms with Gasteiger partial charge in [0.05, 0.1) is 18.3 Å². The maximum absolute atomic E-state index is 13.1. The highest BCUT2D eigenvalue weighted by atomic mass is 32.2. The zero-order valence-electron chi connectivity index (χ0n) is 19.3. The van der Waals surface area contributed by atoms with Crippen LogP contribution in [0.25, 0.3) is 0 Å². The maximum Gasteiger partial charge on any atom is 0.246 e. The molecule has 2 saturated heterocycles. The number of fused-ring (bicyclic) bond motifs is 2. The predicted octanol–water partition coefficient (Wildman–Crippen LogP) is 6.29. The fourth-order valence-corrected chi connectivity index (χ4v) is 5.82. The normalized spacial score (nSPS) is 23.1. The molecule has 0 aromatic heterocycles. The highest BCUT2D eigenvalue weighted by Crippen LogP contribution is 2.46. The van der Waals surface area contributed by atoms with Crippen LogP contribution in [0.1, 0.15) is 31.2 Å². The van der Waals surface area contributed by atoms with E-state index in [1.165, 1.54) is 12.1 Å². The summed E-state index contributed by atoms with van der Waals surface area (Å²) < 4.78 is 25.2. The SMILES string of the molecule is O=C(NOCc1ccccc1)C1CC2CCC(CSc3ccc(Oc4ccc(F)cc4)cc3)(C1)O2. The van der Waals surface area contributed by atoms with E-state index < -0.39 is 0 Å². The van der Waals surface area contributed by atoms with Crippen molar-refractivity contribution in [3.05, 3.63) is 90.2 Å². The molecular formula is C28H28FNO4S. The van der Waals surface area contributed by atoms with Crippen molar-refractivity contribution in [3.8, 4) is 11.5 Å². The Bertz CT molecular complexity index is 1130. The maximum atomic E-state index is 13.1. The summed E-state index contributed by atoms with van der Waals surface area (Å²) in [5.41, 5.74) is 3.38. The van der Waals surface area contributed by atoms with Gasteiger partial charge in [-0.2, -0.15) is 0 Å². The number of carbonyl (C=O) groups excluding carboxylic acids is 1. The smallest absolute Gasteiger partial charge is 0.246 e. The first-order valence-electron chi connectivity index (χ1n) is 11.9. The first kappa shape index (κ1) is 23.9. The second-order valence-corrected chi connectivity index (χ2v) is 10.2. The Balaban J connectivity index is 1.12. The molecule has 1 N–H and O–H groups in total. The van der Waals surface area contributed by atoms with Gasteiger partial charge in [-0.05, 0) is 79.8 Å². The van der Waals surface area contributed by atoms with Crippen LogP contribution in [0.2, 0.25) is 0 Å². The van der Waals surface area contributed by atoms with Crippen molar-refractivity contribution in [2.24, 2.45) is 5.92 Å². The highest BCUT2D eigenvalue weighted by Gasteiger charge is 2.48.